The molecule has 20 heavy (non-hydrogen) atoms. The van der Waals surface area contributed by atoms with Crippen LogP contribution in [0.4, 0.5) is 4.39 Å². The van der Waals surface area contributed by atoms with E-state index in [-0.39, 0.29) is 35.7 Å². The van der Waals surface area contributed by atoms with Crippen molar-refractivity contribution < 1.29 is 13.9 Å². The molecule has 3 N–H and O–H groups in total. The quantitative estimate of drug-likeness (QED) is 0.895. The van der Waals surface area contributed by atoms with Crippen LogP contribution in [0.15, 0.2) is 18.2 Å². The summed E-state index contributed by atoms with van der Waals surface area (Å²) in [5.41, 5.74) is 5.64. The first-order chi connectivity index (χ1) is 9.17. The molecule has 2 atom stereocenters. The van der Waals surface area contributed by atoms with Crippen LogP contribution in [0.25, 0.3) is 0 Å². The SMILES string of the molecule is COc1cccc(F)c1C(=O)NC1CCCC1CN.Cl. The first kappa shape index (κ1) is 16.7. The average Bonchev–Trinajstić information content (AvgIpc) is 2.85. The zero-order valence-corrected chi connectivity index (χ0v) is 12.2. The molecule has 2 rings (SSSR count). The summed E-state index contributed by atoms with van der Waals surface area (Å²) < 4.78 is 18.8. The maximum absolute atomic E-state index is 13.8. The molecule has 1 fully saturated rings. The normalized spacial score (nSPS) is 21.1. The van der Waals surface area contributed by atoms with Gasteiger partial charge in [-0.3, -0.25) is 4.79 Å². The second kappa shape index (κ2) is 7.45. The third-order valence-electron chi connectivity index (χ3n) is 3.70. The van der Waals surface area contributed by atoms with Gasteiger partial charge in [0.05, 0.1) is 7.11 Å². The fourth-order valence-electron chi connectivity index (χ4n) is 2.64. The van der Waals surface area contributed by atoms with E-state index in [1.807, 2.05) is 0 Å². The predicted octanol–water partition coefficient (Wildman–Crippen LogP) is 2.11. The molecule has 112 valence electrons. The van der Waals surface area contributed by atoms with Crippen LogP contribution in [0.1, 0.15) is 29.6 Å². The summed E-state index contributed by atoms with van der Waals surface area (Å²) in [6.45, 7) is 0.541. The fraction of sp³-hybridized carbons (Fsp3) is 0.500. The van der Waals surface area contributed by atoms with Crippen LogP contribution < -0.4 is 15.8 Å². The van der Waals surface area contributed by atoms with E-state index in [1.54, 1.807) is 6.07 Å². The van der Waals surface area contributed by atoms with Crippen LogP contribution in [0.5, 0.6) is 5.75 Å². The Morgan fingerprint density at radius 3 is 2.90 bits per heavy atom. The van der Waals surface area contributed by atoms with E-state index < -0.39 is 11.7 Å². The fourth-order valence-corrected chi connectivity index (χ4v) is 2.64. The number of amides is 1. The molecule has 1 aliphatic carbocycles. The van der Waals surface area contributed by atoms with Gasteiger partial charge >= 0.3 is 0 Å². The summed E-state index contributed by atoms with van der Waals surface area (Å²) in [4.78, 5) is 12.2. The van der Waals surface area contributed by atoms with E-state index in [4.69, 9.17) is 10.5 Å². The number of benzene rings is 1. The van der Waals surface area contributed by atoms with Gasteiger partial charge in [-0.1, -0.05) is 12.5 Å². The lowest BCUT2D eigenvalue weighted by Crippen LogP contribution is -2.40. The average molecular weight is 303 g/mol. The highest BCUT2D eigenvalue weighted by Crippen LogP contribution is 2.26. The molecule has 1 saturated carbocycles. The highest BCUT2D eigenvalue weighted by atomic mass is 35.5. The Labute approximate surface area is 124 Å². The Bertz CT molecular complexity index is 470. The molecule has 6 heteroatoms. The van der Waals surface area contributed by atoms with E-state index in [1.165, 1.54) is 19.2 Å². The maximum Gasteiger partial charge on any atom is 0.258 e. The largest absolute Gasteiger partial charge is 0.496 e. The standard InChI is InChI=1S/C14H19FN2O2.ClH/c1-19-12-7-3-5-10(15)13(12)14(18)17-11-6-2-4-9(11)8-16;/h3,5,7,9,11H,2,4,6,8,16H2,1H3,(H,17,18);1H. The Hall–Kier alpha value is -1.33. The zero-order valence-electron chi connectivity index (χ0n) is 11.4. The molecule has 1 aliphatic rings. The van der Waals surface area contributed by atoms with Crippen LogP contribution in [-0.4, -0.2) is 25.6 Å². The summed E-state index contributed by atoms with van der Waals surface area (Å²) in [6.07, 6.45) is 2.95. The number of ether oxygens (including phenoxy) is 1. The van der Waals surface area contributed by atoms with Crippen molar-refractivity contribution in [3.63, 3.8) is 0 Å². The zero-order chi connectivity index (χ0) is 13.8. The van der Waals surface area contributed by atoms with Gasteiger partial charge in [0, 0.05) is 6.04 Å². The van der Waals surface area contributed by atoms with Gasteiger partial charge in [0.2, 0.25) is 0 Å². The monoisotopic (exact) mass is 302 g/mol. The lowest BCUT2D eigenvalue weighted by Gasteiger charge is -2.20. The molecule has 0 bridgehead atoms. The van der Waals surface area contributed by atoms with Crippen molar-refractivity contribution in [1.82, 2.24) is 5.32 Å². The summed E-state index contributed by atoms with van der Waals surface area (Å²) >= 11 is 0. The van der Waals surface area contributed by atoms with Gasteiger partial charge in [-0.15, -0.1) is 12.4 Å². The topological polar surface area (TPSA) is 64.3 Å². The molecule has 2 unspecified atom stereocenters. The van der Waals surface area contributed by atoms with Gasteiger partial charge in [-0.05, 0) is 37.4 Å². The highest BCUT2D eigenvalue weighted by molar-refractivity contribution is 5.97. The van der Waals surface area contributed by atoms with Crippen LogP contribution in [0.2, 0.25) is 0 Å². The van der Waals surface area contributed by atoms with Crippen LogP contribution in [-0.2, 0) is 0 Å². The second-order valence-electron chi connectivity index (χ2n) is 4.82. The van der Waals surface area contributed by atoms with Gasteiger partial charge in [0.1, 0.15) is 17.1 Å². The first-order valence-corrected chi connectivity index (χ1v) is 6.50. The Kier molecular flexibility index (Phi) is 6.23. The minimum atomic E-state index is -0.570. The van der Waals surface area contributed by atoms with Crippen LogP contribution in [0.3, 0.4) is 0 Å². The molecule has 4 nitrogen and oxygen atoms in total. The molecule has 0 heterocycles. The lowest BCUT2D eigenvalue weighted by molar-refractivity contribution is 0.0921. The molecule has 1 aromatic carbocycles. The highest BCUT2D eigenvalue weighted by Gasteiger charge is 2.29. The van der Waals surface area contributed by atoms with Crippen molar-refractivity contribution in [2.45, 2.75) is 25.3 Å². The van der Waals surface area contributed by atoms with Gasteiger partial charge in [-0.25, -0.2) is 4.39 Å². The maximum atomic E-state index is 13.8. The van der Waals surface area contributed by atoms with Crippen molar-refractivity contribution in [3.05, 3.63) is 29.6 Å². The van der Waals surface area contributed by atoms with E-state index in [0.717, 1.165) is 19.3 Å². The van der Waals surface area contributed by atoms with E-state index in [0.29, 0.717) is 6.54 Å². The molecule has 1 amide bonds. The molecule has 0 radical (unpaired) electrons. The van der Waals surface area contributed by atoms with Gasteiger partial charge in [0.25, 0.3) is 5.91 Å². The molecule has 0 aromatic heterocycles. The third-order valence-corrected chi connectivity index (χ3v) is 3.70. The Balaban J connectivity index is 0.00000200. The van der Waals surface area contributed by atoms with Gasteiger partial charge in [0.15, 0.2) is 0 Å². The number of hydrogen-bond acceptors (Lipinski definition) is 3. The van der Waals surface area contributed by atoms with Crippen molar-refractivity contribution in [1.29, 1.82) is 0 Å². The summed E-state index contributed by atoms with van der Waals surface area (Å²) in [7, 11) is 1.42. The molecule has 0 aliphatic heterocycles. The third kappa shape index (κ3) is 3.41. The molecule has 0 spiro atoms. The number of halogens is 2. The number of carbonyl (C=O) groups excluding carboxylic acids is 1. The number of carbonyl (C=O) groups is 1. The summed E-state index contributed by atoms with van der Waals surface area (Å²) in [5, 5.41) is 2.87. The van der Waals surface area contributed by atoms with Crippen molar-refractivity contribution >= 4 is 18.3 Å². The number of hydrogen-bond donors (Lipinski definition) is 2. The lowest BCUT2D eigenvalue weighted by atomic mass is 10.0. The number of rotatable bonds is 4. The molecule has 1 aromatic rings. The predicted molar refractivity (Wildman–Crippen MR) is 77.8 cm³/mol. The van der Waals surface area contributed by atoms with Gasteiger partial charge in [-0.2, -0.15) is 0 Å². The minimum Gasteiger partial charge on any atom is -0.496 e. The van der Waals surface area contributed by atoms with Crippen LogP contribution >= 0.6 is 12.4 Å². The first-order valence-electron chi connectivity index (χ1n) is 6.50. The van der Waals surface area contributed by atoms with Crippen molar-refractivity contribution in [2.24, 2.45) is 11.7 Å². The summed E-state index contributed by atoms with van der Waals surface area (Å²) in [5.74, 6) is -0.471. The molecular weight excluding hydrogens is 283 g/mol. The second-order valence-corrected chi connectivity index (χ2v) is 4.82. The number of nitrogens with one attached hydrogen (secondary N) is 1. The van der Waals surface area contributed by atoms with Gasteiger partial charge < -0.3 is 15.8 Å². The van der Waals surface area contributed by atoms with Crippen LogP contribution in [0, 0.1) is 11.7 Å². The van der Waals surface area contributed by atoms with Crippen molar-refractivity contribution in [2.75, 3.05) is 13.7 Å². The minimum absolute atomic E-state index is 0. The number of nitrogens with two attached hydrogens (primary N) is 1. The number of methoxy groups -OCH3 is 1. The smallest absolute Gasteiger partial charge is 0.258 e. The van der Waals surface area contributed by atoms with Crippen molar-refractivity contribution in [3.8, 4) is 5.75 Å². The Morgan fingerprint density at radius 2 is 2.25 bits per heavy atom. The molecule has 0 saturated heterocycles. The summed E-state index contributed by atoms with van der Waals surface area (Å²) in [6, 6.07) is 4.38. The molecular formula is C14H20ClFN2O2. The van der Waals surface area contributed by atoms with E-state index >= 15 is 0 Å². The van der Waals surface area contributed by atoms with E-state index in [9.17, 15) is 9.18 Å². The van der Waals surface area contributed by atoms with E-state index in [2.05, 4.69) is 5.32 Å². The Morgan fingerprint density at radius 1 is 1.50 bits per heavy atom.